The van der Waals surface area contributed by atoms with E-state index in [4.69, 9.17) is 0 Å². The molecule has 0 N–H and O–H groups in total. The van der Waals surface area contributed by atoms with Crippen molar-refractivity contribution in [3.8, 4) is 5.13 Å². The van der Waals surface area contributed by atoms with Crippen molar-refractivity contribution in [1.29, 1.82) is 0 Å². The third-order valence-electron chi connectivity index (χ3n) is 5.07. The molecule has 0 aliphatic carbocycles. The van der Waals surface area contributed by atoms with E-state index in [9.17, 15) is 4.79 Å². The number of aromatic nitrogens is 5. The first-order valence-corrected chi connectivity index (χ1v) is 9.97. The number of thiazole rings is 1. The lowest BCUT2D eigenvalue weighted by atomic mass is 9.97. The molecule has 0 spiro atoms. The summed E-state index contributed by atoms with van der Waals surface area (Å²) in [6.45, 7) is 5.56. The molecule has 7 nitrogen and oxygen atoms in total. The lowest BCUT2D eigenvalue weighted by Gasteiger charge is -2.32. The van der Waals surface area contributed by atoms with Gasteiger partial charge in [0.05, 0.1) is 0 Å². The summed E-state index contributed by atoms with van der Waals surface area (Å²) >= 11 is 1.65. The third-order valence-corrected chi connectivity index (χ3v) is 5.84. The lowest BCUT2D eigenvalue weighted by molar-refractivity contribution is 0.191. The predicted molar refractivity (Wildman–Crippen MR) is 102 cm³/mol. The van der Waals surface area contributed by atoms with Gasteiger partial charge >= 0.3 is 5.69 Å². The van der Waals surface area contributed by atoms with Crippen molar-refractivity contribution in [2.75, 3.05) is 13.1 Å². The second-order valence-corrected chi connectivity index (χ2v) is 7.64. The summed E-state index contributed by atoms with van der Waals surface area (Å²) in [5, 5.41) is 7.53. The highest BCUT2D eigenvalue weighted by Crippen LogP contribution is 2.27. The average molecular weight is 372 g/mol. The Morgan fingerprint density at radius 3 is 3.04 bits per heavy atom. The van der Waals surface area contributed by atoms with E-state index in [0.29, 0.717) is 12.5 Å². The van der Waals surface area contributed by atoms with E-state index in [1.54, 1.807) is 18.4 Å². The Labute approximate surface area is 156 Å². The topological polar surface area (TPSA) is 60.9 Å². The zero-order chi connectivity index (χ0) is 18.1. The van der Waals surface area contributed by atoms with Crippen LogP contribution in [0.1, 0.15) is 37.2 Å². The Morgan fingerprint density at radius 2 is 2.27 bits per heavy atom. The van der Waals surface area contributed by atoms with Crippen LogP contribution in [-0.4, -0.2) is 41.9 Å². The molecule has 0 radical (unpaired) electrons. The van der Waals surface area contributed by atoms with Crippen LogP contribution < -0.4 is 5.69 Å². The van der Waals surface area contributed by atoms with Crippen LogP contribution in [0, 0.1) is 0 Å². The number of aryl methyl sites for hydroxylation is 1. The van der Waals surface area contributed by atoms with Crippen molar-refractivity contribution in [3.05, 3.63) is 51.9 Å². The summed E-state index contributed by atoms with van der Waals surface area (Å²) in [7, 11) is 1.74. The molecule has 0 saturated carbocycles. The van der Waals surface area contributed by atoms with Gasteiger partial charge in [0.1, 0.15) is 5.82 Å². The molecule has 1 atom stereocenters. The van der Waals surface area contributed by atoms with Crippen LogP contribution in [0.4, 0.5) is 0 Å². The van der Waals surface area contributed by atoms with Gasteiger partial charge in [-0.3, -0.25) is 14.0 Å². The second-order valence-electron chi connectivity index (χ2n) is 6.77. The zero-order valence-electron chi connectivity index (χ0n) is 15.2. The molecule has 4 rings (SSSR count). The van der Waals surface area contributed by atoms with Gasteiger partial charge in [0.15, 0.2) is 5.13 Å². The summed E-state index contributed by atoms with van der Waals surface area (Å²) in [6.07, 6.45) is 6.12. The van der Waals surface area contributed by atoms with Crippen molar-refractivity contribution < 1.29 is 0 Å². The highest BCUT2D eigenvalue weighted by atomic mass is 32.1. The fraction of sp³-hybridized carbons (Fsp3) is 0.500. The van der Waals surface area contributed by atoms with E-state index in [1.165, 1.54) is 10.4 Å². The minimum absolute atomic E-state index is 0.0164. The van der Waals surface area contributed by atoms with Crippen LogP contribution in [0.2, 0.25) is 0 Å². The molecule has 0 bridgehead atoms. The minimum atomic E-state index is -0.0164. The maximum atomic E-state index is 12.2. The first-order chi connectivity index (χ1) is 12.7. The quantitative estimate of drug-likeness (QED) is 0.689. The fourth-order valence-corrected chi connectivity index (χ4v) is 4.48. The van der Waals surface area contributed by atoms with Crippen molar-refractivity contribution in [1.82, 2.24) is 28.8 Å². The van der Waals surface area contributed by atoms with Gasteiger partial charge in [0.25, 0.3) is 0 Å². The summed E-state index contributed by atoms with van der Waals surface area (Å²) in [6, 6.07) is 4.24. The standard InChI is InChI=1S/C18H24N6OS/c1-3-23-16(20-21(2)18(23)25)14-6-4-9-22(12-14)13-15-7-5-10-24(15)17-19-8-11-26-17/h5,7-8,10-11,14H,3-4,6,9,12-13H2,1-2H3/t14-/m0/s1. The number of likely N-dealkylation sites (tertiary alicyclic amines) is 1. The summed E-state index contributed by atoms with van der Waals surface area (Å²) in [5.74, 6) is 1.24. The first kappa shape index (κ1) is 17.2. The second kappa shape index (κ2) is 7.20. The number of rotatable bonds is 5. The van der Waals surface area contributed by atoms with E-state index in [-0.39, 0.29) is 5.69 Å². The number of hydrogen-bond acceptors (Lipinski definition) is 5. The summed E-state index contributed by atoms with van der Waals surface area (Å²) in [4.78, 5) is 19.1. The molecule has 3 aromatic rings. The summed E-state index contributed by atoms with van der Waals surface area (Å²) < 4.78 is 5.44. The Bertz CT molecular complexity index is 922. The molecule has 4 heterocycles. The van der Waals surface area contributed by atoms with Crippen molar-refractivity contribution in [2.45, 2.75) is 38.8 Å². The molecule has 3 aromatic heterocycles. The molecule has 8 heteroatoms. The van der Waals surface area contributed by atoms with Gasteiger partial charge < -0.3 is 0 Å². The van der Waals surface area contributed by atoms with Gasteiger partial charge in [-0.2, -0.15) is 5.10 Å². The first-order valence-electron chi connectivity index (χ1n) is 9.09. The van der Waals surface area contributed by atoms with E-state index in [1.807, 2.05) is 23.1 Å². The van der Waals surface area contributed by atoms with Crippen molar-refractivity contribution >= 4 is 11.3 Å². The van der Waals surface area contributed by atoms with Gasteiger partial charge in [-0.25, -0.2) is 14.5 Å². The van der Waals surface area contributed by atoms with Gasteiger partial charge in [-0.15, -0.1) is 11.3 Å². The van der Waals surface area contributed by atoms with E-state index in [0.717, 1.165) is 43.4 Å². The minimum Gasteiger partial charge on any atom is -0.297 e. The van der Waals surface area contributed by atoms with Gasteiger partial charge in [-0.1, -0.05) is 0 Å². The van der Waals surface area contributed by atoms with Gasteiger partial charge in [-0.05, 0) is 38.4 Å². The molecular weight excluding hydrogens is 348 g/mol. The summed E-state index contributed by atoms with van der Waals surface area (Å²) in [5.41, 5.74) is 1.23. The normalized spacial score (nSPS) is 18.5. The Morgan fingerprint density at radius 1 is 1.38 bits per heavy atom. The average Bonchev–Trinajstić information content (AvgIpc) is 3.37. The number of piperidine rings is 1. The van der Waals surface area contributed by atoms with Crippen molar-refractivity contribution in [2.24, 2.45) is 7.05 Å². The third kappa shape index (κ3) is 3.14. The molecule has 138 valence electrons. The van der Waals surface area contributed by atoms with Crippen LogP contribution in [0.25, 0.3) is 5.13 Å². The fourth-order valence-electron chi connectivity index (χ4n) is 3.83. The molecule has 1 aliphatic rings. The monoisotopic (exact) mass is 372 g/mol. The molecule has 0 amide bonds. The molecule has 1 fully saturated rings. The Kier molecular flexibility index (Phi) is 4.78. The highest BCUT2D eigenvalue weighted by molar-refractivity contribution is 7.12. The molecule has 0 aromatic carbocycles. The zero-order valence-corrected chi connectivity index (χ0v) is 16.0. The largest absolute Gasteiger partial charge is 0.345 e. The van der Waals surface area contributed by atoms with Crippen LogP contribution in [0.3, 0.4) is 0 Å². The number of hydrogen-bond donors (Lipinski definition) is 0. The smallest absolute Gasteiger partial charge is 0.297 e. The molecule has 0 unspecified atom stereocenters. The molecule has 26 heavy (non-hydrogen) atoms. The van der Waals surface area contributed by atoms with E-state index in [2.05, 4.69) is 37.9 Å². The van der Waals surface area contributed by atoms with Crippen LogP contribution >= 0.6 is 11.3 Å². The molecule has 1 aliphatic heterocycles. The number of nitrogens with zero attached hydrogens (tertiary/aromatic N) is 6. The highest BCUT2D eigenvalue weighted by Gasteiger charge is 2.27. The van der Waals surface area contributed by atoms with Crippen LogP contribution in [0.5, 0.6) is 0 Å². The predicted octanol–water partition coefficient (Wildman–Crippen LogP) is 2.23. The van der Waals surface area contributed by atoms with Crippen LogP contribution in [0.15, 0.2) is 34.7 Å². The van der Waals surface area contributed by atoms with Crippen LogP contribution in [-0.2, 0) is 20.1 Å². The Balaban J connectivity index is 1.53. The van der Waals surface area contributed by atoms with Gasteiger partial charge in [0.2, 0.25) is 0 Å². The SMILES string of the molecule is CCn1c([C@H]2CCCN(Cc3cccn3-c3nccs3)C2)nn(C)c1=O. The van der Waals surface area contributed by atoms with E-state index < -0.39 is 0 Å². The maximum absolute atomic E-state index is 12.2. The lowest BCUT2D eigenvalue weighted by Crippen LogP contribution is -2.36. The molecule has 1 saturated heterocycles. The maximum Gasteiger partial charge on any atom is 0.345 e. The van der Waals surface area contributed by atoms with E-state index >= 15 is 0 Å². The van der Waals surface area contributed by atoms with Gasteiger partial charge in [0, 0.05) is 56.1 Å². The molecular formula is C18H24N6OS. The van der Waals surface area contributed by atoms with Crippen molar-refractivity contribution in [3.63, 3.8) is 0 Å². The Hall–Kier alpha value is -2.19.